The van der Waals surface area contributed by atoms with Gasteiger partial charge in [0.15, 0.2) is 0 Å². The van der Waals surface area contributed by atoms with Crippen molar-refractivity contribution in [2.45, 2.75) is 77.9 Å². The summed E-state index contributed by atoms with van der Waals surface area (Å²) < 4.78 is 0. The Morgan fingerprint density at radius 3 is 1.93 bits per heavy atom. The van der Waals surface area contributed by atoms with E-state index >= 15 is 0 Å². The quantitative estimate of drug-likeness (QED) is 0.520. The van der Waals surface area contributed by atoms with Gasteiger partial charge in [0.1, 0.15) is 5.60 Å². The molecule has 0 bridgehead atoms. The molecular formula is C13H26O2. The third kappa shape index (κ3) is 3.76. The molecule has 0 heterocycles. The van der Waals surface area contributed by atoms with Gasteiger partial charge in [-0.3, -0.25) is 0 Å². The highest BCUT2D eigenvalue weighted by Gasteiger charge is 2.38. The molecule has 2 nitrogen and oxygen atoms in total. The van der Waals surface area contributed by atoms with Crippen LogP contribution < -0.4 is 0 Å². The van der Waals surface area contributed by atoms with Crippen LogP contribution in [0.5, 0.6) is 0 Å². The van der Waals surface area contributed by atoms with Crippen molar-refractivity contribution in [3.63, 3.8) is 0 Å². The molecule has 0 spiro atoms. The van der Waals surface area contributed by atoms with Crippen molar-refractivity contribution in [3.8, 4) is 0 Å². The zero-order valence-corrected chi connectivity index (χ0v) is 10.9. The Bertz CT molecular complexity index is 185. The highest BCUT2D eigenvalue weighted by atomic mass is 17.2. The number of hydrogen-bond donors (Lipinski definition) is 0. The summed E-state index contributed by atoms with van der Waals surface area (Å²) in [5.41, 5.74) is -0.245. The number of rotatable bonds is 3. The lowest BCUT2D eigenvalue weighted by Gasteiger charge is -2.40. The monoisotopic (exact) mass is 214 g/mol. The molecule has 0 amide bonds. The summed E-state index contributed by atoms with van der Waals surface area (Å²) in [7, 11) is 0. The average molecular weight is 214 g/mol. The molecule has 0 N–H and O–H groups in total. The molecule has 0 radical (unpaired) electrons. The van der Waals surface area contributed by atoms with Crippen LogP contribution in [0.4, 0.5) is 0 Å². The van der Waals surface area contributed by atoms with Crippen molar-refractivity contribution in [3.05, 3.63) is 0 Å². The molecular weight excluding hydrogens is 188 g/mol. The Labute approximate surface area is 94.3 Å². The van der Waals surface area contributed by atoms with Gasteiger partial charge in [-0.2, -0.15) is 0 Å². The predicted molar refractivity (Wildman–Crippen MR) is 62.6 cm³/mol. The Hall–Kier alpha value is -0.0800. The van der Waals surface area contributed by atoms with E-state index in [1.165, 1.54) is 19.3 Å². The van der Waals surface area contributed by atoms with Gasteiger partial charge in [0.25, 0.3) is 0 Å². The summed E-state index contributed by atoms with van der Waals surface area (Å²) in [6.07, 6.45) is 6.16. The van der Waals surface area contributed by atoms with Crippen LogP contribution in [0.1, 0.15) is 66.7 Å². The van der Waals surface area contributed by atoms with Crippen LogP contribution in [0.2, 0.25) is 0 Å². The Morgan fingerprint density at radius 2 is 1.53 bits per heavy atom. The fourth-order valence-electron chi connectivity index (χ4n) is 2.12. The smallest absolute Gasteiger partial charge is 0.106 e. The Kier molecular flexibility index (Phi) is 4.19. The third-order valence-electron chi connectivity index (χ3n) is 3.21. The van der Waals surface area contributed by atoms with Crippen molar-refractivity contribution in [1.29, 1.82) is 0 Å². The Morgan fingerprint density at radius 1 is 1.00 bits per heavy atom. The van der Waals surface area contributed by atoms with Gasteiger partial charge < -0.3 is 0 Å². The van der Waals surface area contributed by atoms with Gasteiger partial charge in [-0.05, 0) is 39.5 Å². The minimum atomic E-state index is -0.209. The first-order valence-electron chi connectivity index (χ1n) is 6.23. The van der Waals surface area contributed by atoms with Gasteiger partial charge >= 0.3 is 0 Å². The molecule has 1 saturated carbocycles. The molecule has 0 unspecified atom stereocenters. The standard InChI is InChI=1S/C13H26O2/c1-11(2)13(9-7-6-8-10-13)15-14-12(3,4)5/h11H,6-10H2,1-5H3. The van der Waals surface area contributed by atoms with E-state index in [0.29, 0.717) is 5.92 Å². The maximum atomic E-state index is 5.80. The molecule has 15 heavy (non-hydrogen) atoms. The molecule has 90 valence electrons. The molecule has 0 aliphatic heterocycles. The molecule has 0 saturated heterocycles. The van der Waals surface area contributed by atoms with Gasteiger partial charge in [0, 0.05) is 0 Å². The van der Waals surface area contributed by atoms with Crippen molar-refractivity contribution in [1.82, 2.24) is 0 Å². The molecule has 1 aliphatic carbocycles. The van der Waals surface area contributed by atoms with Crippen LogP contribution in [0, 0.1) is 5.92 Å². The predicted octanol–water partition coefficient (Wildman–Crippen LogP) is 4.09. The van der Waals surface area contributed by atoms with Crippen LogP contribution in [0.25, 0.3) is 0 Å². The molecule has 2 heteroatoms. The molecule has 0 atom stereocenters. The first-order valence-corrected chi connectivity index (χ1v) is 6.23. The SMILES string of the molecule is CC(C)C1(OOC(C)(C)C)CCCCC1. The second-order valence-electron chi connectivity index (χ2n) is 6.06. The first-order chi connectivity index (χ1) is 6.86. The van der Waals surface area contributed by atoms with E-state index < -0.39 is 0 Å². The van der Waals surface area contributed by atoms with Crippen molar-refractivity contribution >= 4 is 0 Å². The highest BCUT2D eigenvalue weighted by Crippen LogP contribution is 2.38. The molecule has 1 rings (SSSR count). The zero-order chi connectivity index (χ0) is 11.5. The number of hydrogen-bond acceptors (Lipinski definition) is 2. The van der Waals surface area contributed by atoms with Crippen molar-refractivity contribution in [2.75, 3.05) is 0 Å². The molecule has 0 aromatic carbocycles. The largest absolute Gasteiger partial charge is 0.230 e. The van der Waals surface area contributed by atoms with E-state index in [0.717, 1.165) is 12.8 Å². The zero-order valence-electron chi connectivity index (χ0n) is 10.9. The summed E-state index contributed by atoms with van der Waals surface area (Å²) in [6.45, 7) is 10.6. The fourth-order valence-corrected chi connectivity index (χ4v) is 2.12. The van der Waals surface area contributed by atoms with E-state index in [-0.39, 0.29) is 11.2 Å². The van der Waals surface area contributed by atoms with Crippen LogP contribution in [-0.2, 0) is 9.78 Å². The summed E-state index contributed by atoms with van der Waals surface area (Å²) in [5.74, 6) is 0.528. The summed E-state index contributed by atoms with van der Waals surface area (Å²) >= 11 is 0. The summed E-state index contributed by atoms with van der Waals surface area (Å²) in [4.78, 5) is 11.3. The minimum absolute atomic E-state index is 0.0362. The van der Waals surface area contributed by atoms with Gasteiger partial charge in [-0.15, -0.1) is 0 Å². The van der Waals surface area contributed by atoms with Crippen LogP contribution >= 0.6 is 0 Å². The van der Waals surface area contributed by atoms with E-state index in [1.54, 1.807) is 0 Å². The van der Waals surface area contributed by atoms with Gasteiger partial charge in [-0.1, -0.05) is 33.1 Å². The van der Waals surface area contributed by atoms with Gasteiger partial charge in [0.05, 0.1) is 5.60 Å². The second kappa shape index (κ2) is 4.84. The second-order valence-corrected chi connectivity index (χ2v) is 6.06. The van der Waals surface area contributed by atoms with E-state index in [4.69, 9.17) is 9.78 Å². The lowest BCUT2D eigenvalue weighted by Crippen LogP contribution is -2.42. The molecule has 0 aromatic rings. The fraction of sp³-hybridized carbons (Fsp3) is 1.00. The van der Waals surface area contributed by atoms with E-state index in [2.05, 4.69) is 13.8 Å². The molecule has 1 aliphatic rings. The topological polar surface area (TPSA) is 18.5 Å². The van der Waals surface area contributed by atoms with Crippen LogP contribution in [0.3, 0.4) is 0 Å². The van der Waals surface area contributed by atoms with Gasteiger partial charge in [-0.25, -0.2) is 9.78 Å². The third-order valence-corrected chi connectivity index (χ3v) is 3.21. The van der Waals surface area contributed by atoms with Crippen molar-refractivity contribution in [2.24, 2.45) is 5.92 Å². The summed E-state index contributed by atoms with van der Waals surface area (Å²) in [6, 6.07) is 0. The maximum absolute atomic E-state index is 5.80. The lowest BCUT2D eigenvalue weighted by molar-refractivity contribution is -0.416. The van der Waals surface area contributed by atoms with Crippen molar-refractivity contribution < 1.29 is 9.78 Å². The van der Waals surface area contributed by atoms with Crippen LogP contribution in [-0.4, -0.2) is 11.2 Å². The molecule has 1 fully saturated rings. The van der Waals surface area contributed by atoms with Gasteiger partial charge in [0.2, 0.25) is 0 Å². The average Bonchev–Trinajstić information content (AvgIpc) is 2.15. The highest BCUT2D eigenvalue weighted by molar-refractivity contribution is 4.86. The Balaban J connectivity index is 2.57. The molecule has 0 aromatic heterocycles. The van der Waals surface area contributed by atoms with E-state index in [9.17, 15) is 0 Å². The first kappa shape index (κ1) is 13.0. The minimum Gasteiger partial charge on any atom is -0.230 e. The lowest BCUT2D eigenvalue weighted by atomic mass is 9.77. The normalized spacial score (nSPS) is 22.0. The summed E-state index contributed by atoms with van der Waals surface area (Å²) in [5, 5.41) is 0. The van der Waals surface area contributed by atoms with E-state index in [1.807, 2.05) is 20.8 Å². The van der Waals surface area contributed by atoms with Crippen LogP contribution in [0.15, 0.2) is 0 Å². The maximum Gasteiger partial charge on any atom is 0.106 e.